The average molecular weight is 477 g/mol. The first-order valence-corrected chi connectivity index (χ1v) is 9.92. The third kappa shape index (κ3) is 10.4. The van der Waals surface area contributed by atoms with Crippen molar-refractivity contribution in [2.24, 2.45) is 0 Å². The van der Waals surface area contributed by atoms with Crippen LogP contribution in [-0.4, -0.2) is 54.3 Å². The number of nitrogens with one attached hydrogen (secondary N) is 2. The van der Waals surface area contributed by atoms with Gasteiger partial charge >= 0.3 is 11.8 Å². The first kappa shape index (κ1) is 29.8. The molecule has 186 valence electrons. The van der Waals surface area contributed by atoms with Gasteiger partial charge in [0.1, 0.15) is 17.3 Å². The Kier molecular flexibility index (Phi) is 12.9. The van der Waals surface area contributed by atoms with E-state index in [0.717, 1.165) is 5.69 Å². The highest BCUT2D eigenvalue weighted by molar-refractivity contribution is 5.90. The number of nitro groups is 1. The van der Waals surface area contributed by atoms with Gasteiger partial charge in [-0.3, -0.25) is 20.2 Å². The molecule has 0 fully saturated rings. The van der Waals surface area contributed by atoms with E-state index < -0.39 is 22.5 Å². The molecule has 0 spiro atoms. The number of hydrogen-bond donors (Lipinski definition) is 3. The number of Topliss-reactive ketones (excluding diaryl/α,β-unsaturated/α-hetero) is 2. The molecular weight excluding hydrogens is 444 g/mol. The van der Waals surface area contributed by atoms with Crippen LogP contribution in [0.15, 0.2) is 36.4 Å². The third-order valence-electron chi connectivity index (χ3n) is 3.79. The molecule has 1 amide bonds. The Morgan fingerprint density at radius 2 is 1.79 bits per heavy atom. The molecule has 0 bridgehead atoms. The zero-order chi connectivity index (χ0) is 25.0. The first-order valence-electron chi connectivity index (χ1n) is 9.92. The maximum atomic E-state index is 12.3. The normalized spacial score (nSPS) is 9.41. The molecule has 4 N–H and O–H groups in total. The minimum Gasteiger partial charge on any atom is -0.450 e. The van der Waals surface area contributed by atoms with Crippen molar-refractivity contribution in [1.82, 2.24) is 4.98 Å². The molecule has 0 atom stereocenters. The van der Waals surface area contributed by atoms with Gasteiger partial charge < -0.3 is 25.5 Å². The number of likely N-dealkylation sites (N-methyl/N-ethyl adjacent to an activating group) is 1. The summed E-state index contributed by atoms with van der Waals surface area (Å²) in [6.45, 7) is 4.74. The third-order valence-corrected chi connectivity index (χ3v) is 3.79. The number of benzene rings is 1. The molecule has 12 heteroatoms. The van der Waals surface area contributed by atoms with Crippen LogP contribution in [0.25, 0.3) is 0 Å². The van der Waals surface area contributed by atoms with Gasteiger partial charge in [-0.1, -0.05) is 25.6 Å². The highest BCUT2D eigenvalue weighted by atomic mass is 16.6. The fourth-order valence-corrected chi connectivity index (χ4v) is 2.51. The van der Waals surface area contributed by atoms with Gasteiger partial charge in [0.2, 0.25) is 5.82 Å². The lowest BCUT2D eigenvalue weighted by atomic mass is 10.2. The van der Waals surface area contributed by atoms with Crippen molar-refractivity contribution < 1.29 is 24.0 Å². The number of nitrogens with zero attached hydrogens (tertiary/aromatic N) is 3. The van der Waals surface area contributed by atoms with Gasteiger partial charge in [0, 0.05) is 18.8 Å². The second-order valence-electron chi connectivity index (χ2n) is 6.88. The van der Waals surface area contributed by atoms with E-state index >= 15 is 0 Å². The summed E-state index contributed by atoms with van der Waals surface area (Å²) in [5, 5.41) is 16.4. The molecule has 0 saturated carbocycles. The number of aromatic nitrogens is 1. The molecule has 12 nitrogen and oxygen atoms in total. The Morgan fingerprint density at radius 1 is 1.21 bits per heavy atom. The molecule has 0 aliphatic carbocycles. The Hall–Kier alpha value is -4.22. The number of ether oxygens (including phenoxy) is 1. The number of pyridine rings is 1. The largest absolute Gasteiger partial charge is 0.450 e. The first-order chi connectivity index (χ1) is 15.5. The van der Waals surface area contributed by atoms with Crippen molar-refractivity contribution in [3.8, 4) is 0 Å². The van der Waals surface area contributed by atoms with Crippen molar-refractivity contribution in [3.05, 3.63) is 46.5 Å². The van der Waals surface area contributed by atoms with E-state index in [4.69, 9.17) is 10.5 Å². The highest BCUT2D eigenvalue weighted by Gasteiger charge is 2.22. The summed E-state index contributed by atoms with van der Waals surface area (Å²) in [7, 11) is 1.77. The summed E-state index contributed by atoms with van der Waals surface area (Å²) in [5.74, 6) is -0.482. The van der Waals surface area contributed by atoms with Gasteiger partial charge in [0.25, 0.3) is 0 Å². The topological polar surface area (TPSA) is 170 Å². The fraction of sp³-hybridized carbons (Fsp3) is 0.364. The number of amides is 1. The van der Waals surface area contributed by atoms with Gasteiger partial charge in [-0.15, -0.1) is 0 Å². The second kappa shape index (κ2) is 14.8. The number of anilines is 4. The number of nitrogens with two attached hydrogens (primary N) is 1. The Labute approximate surface area is 198 Å². The van der Waals surface area contributed by atoms with E-state index in [1.54, 1.807) is 18.9 Å². The molecule has 0 aliphatic heterocycles. The maximum absolute atomic E-state index is 12.3. The molecule has 1 aromatic carbocycles. The number of ketones is 2. The van der Waals surface area contributed by atoms with Crippen LogP contribution in [0.4, 0.5) is 33.5 Å². The lowest BCUT2D eigenvalue weighted by Crippen LogP contribution is -2.30. The molecule has 0 saturated heterocycles. The van der Waals surface area contributed by atoms with Crippen molar-refractivity contribution in [3.63, 3.8) is 0 Å². The van der Waals surface area contributed by atoms with Crippen molar-refractivity contribution >= 4 is 46.4 Å². The second-order valence-corrected chi connectivity index (χ2v) is 6.88. The predicted molar refractivity (Wildman–Crippen MR) is 132 cm³/mol. The summed E-state index contributed by atoms with van der Waals surface area (Å²) >= 11 is 0. The van der Waals surface area contributed by atoms with Gasteiger partial charge in [-0.2, -0.15) is 0 Å². The van der Waals surface area contributed by atoms with Crippen LogP contribution in [-0.2, 0) is 14.3 Å². The van der Waals surface area contributed by atoms with Crippen molar-refractivity contribution in [2.45, 2.75) is 28.2 Å². The molecule has 2 aromatic rings. The van der Waals surface area contributed by atoms with E-state index in [0.29, 0.717) is 0 Å². The summed E-state index contributed by atoms with van der Waals surface area (Å²) in [6.07, 6.45) is -0.778. The van der Waals surface area contributed by atoms with Gasteiger partial charge in [0.15, 0.2) is 5.78 Å². The van der Waals surface area contributed by atoms with Crippen LogP contribution in [0, 0.1) is 10.1 Å². The zero-order valence-corrected chi connectivity index (χ0v) is 19.0. The number of carbonyl (C=O) groups is 3. The Bertz CT molecular complexity index is 979. The summed E-state index contributed by atoms with van der Waals surface area (Å²) < 4.78 is 4.74. The van der Waals surface area contributed by atoms with Crippen LogP contribution in [0.5, 0.6) is 0 Å². The number of carbonyl (C=O) groups excluding carboxylic acids is 3. The summed E-state index contributed by atoms with van der Waals surface area (Å²) in [4.78, 5) is 49.5. The van der Waals surface area contributed by atoms with Crippen molar-refractivity contribution in [1.29, 1.82) is 0 Å². The molecule has 0 radical (unpaired) electrons. The van der Waals surface area contributed by atoms with E-state index in [-0.39, 0.29) is 50.2 Å². The number of hydrogen-bond acceptors (Lipinski definition) is 10. The molecule has 1 aromatic heterocycles. The Balaban J connectivity index is 0.00000201. The minimum atomic E-state index is -0.778. The predicted octanol–water partition coefficient (Wildman–Crippen LogP) is 3.49. The minimum absolute atomic E-state index is 0. The van der Waals surface area contributed by atoms with Crippen LogP contribution < -0.4 is 21.3 Å². The fourth-order valence-electron chi connectivity index (χ4n) is 2.51. The zero-order valence-electron chi connectivity index (χ0n) is 19.0. The highest BCUT2D eigenvalue weighted by Crippen LogP contribution is 2.31. The molecule has 2 rings (SSSR count). The standard InChI is InChI=1S/C18H22N6O5.C3H6O.CH4/c1-3-29-18(26)22-15-9-14(16(24(27)28)17(19)21-15)20-10-13(25)11-23(2)12-7-5-4-6-8-12;1-3(2)4;/h4-9H,3,10-11H2,1-2H3,(H4,19,20,21,22,26);1-2H3;1H4. The molecule has 34 heavy (non-hydrogen) atoms. The van der Waals surface area contributed by atoms with Crippen LogP contribution >= 0.6 is 0 Å². The SMILES string of the molecule is C.CC(C)=O.CCOC(=O)Nc1cc(NCC(=O)CN(C)c2ccccc2)c([N+](=O)[O-])c(N)n1. The molecular formula is C22H32N6O6. The van der Waals surface area contributed by atoms with E-state index in [2.05, 4.69) is 15.6 Å². The summed E-state index contributed by atoms with van der Waals surface area (Å²) in [5.41, 5.74) is 6.00. The monoisotopic (exact) mass is 476 g/mol. The quantitative estimate of drug-likeness (QED) is 0.359. The number of nitrogen functional groups attached to an aromatic ring is 1. The molecule has 0 unspecified atom stereocenters. The maximum Gasteiger partial charge on any atom is 0.412 e. The molecule has 0 aliphatic rings. The van der Waals surface area contributed by atoms with Gasteiger partial charge in [-0.05, 0) is 32.9 Å². The smallest absolute Gasteiger partial charge is 0.412 e. The van der Waals surface area contributed by atoms with Crippen LogP contribution in [0.2, 0.25) is 0 Å². The van der Waals surface area contributed by atoms with E-state index in [1.165, 1.54) is 19.9 Å². The van der Waals surface area contributed by atoms with Gasteiger partial charge in [0.05, 0.1) is 24.6 Å². The average Bonchev–Trinajstić information content (AvgIpc) is 2.72. The lowest BCUT2D eigenvalue weighted by Gasteiger charge is -2.18. The van der Waals surface area contributed by atoms with Crippen LogP contribution in [0.3, 0.4) is 0 Å². The van der Waals surface area contributed by atoms with Crippen LogP contribution in [0.1, 0.15) is 28.2 Å². The van der Waals surface area contributed by atoms with Gasteiger partial charge in [-0.25, -0.2) is 9.78 Å². The number of para-hydroxylation sites is 1. The Morgan fingerprint density at radius 3 is 2.32 bits per heavy atom. The lowest BCUT2D eigenvalue weighted by molar-refractivity contribution is -0.383. The van der Waals surface area contributed by atoms with E-state index in [9.17, 15) is 24.5 Å². The van der Waals surface area contributed by atoms with Crippen molar-refractivity contribution in [2.75, 3.05) is 48.0 Å². The molecule has 1 heterocycles. The summed E-state index contributed by atoms with van der Waals surface area (Å²) in [6, 6.07) is 10.5. The number of rotatable bonds is 9. The van der Waals surface area contributed by atoms with E-state index in [1.807, 2.05) is 30.3 Å².